The van der Waals surface area contributed by atoms with Crippen molar-refractivity contribution < 1.29 is 0 Å². The van der Waals surface area contributed by atoms with Gasteiger partial charge in [-0.3, -0.25) is 0 Å². The Hall–Kier alpha value is -1.96. The van der Waals surface area contributed by atoms with Gasteiger partial charge < -0.3 is 10.6 Å². The van der Waals surface area contributed by atoms with E-state index in [1.54, 1.807) is 0 Å². The maximum Gasteiger partial charge on any atom is 0.0408 e. The zero-order chi connectivity index (χ0) is 21.9. The van der Waals surface area contributed by atoms with Gasteiger partial charge in [0.25, 0.3) is 0 Å². The molecule has 2 aromatic carbocycles. The van der Waals surface area contributed by atoms with Crippen molar-refractivity contribution in [3.63, 3.8) is 0 Å². The highest BCUT2D eigenvalue weighted by molar-refractivity contribution is 5.63. The van der Waals surface area contributed by atoms with Crippen LogP contribution in [0.4, 0.5) is 11.4 Å². The van der Waals surface area contributed by atoms with Gasteiger partial charge in [0.1, 0.15) is 0 Å². The summed E-state index contributed by atoms with van der Waals surface area (Å²) in [7, 11) is 4.10. The molecule has 0 saturated heterocycles. The van der Waals surface area contributed by atoms with Crippen molar-refractivity contribution in [1.82, 2.24) is 0 Å². The molecule has 29 heavy (non-hydrogen) atoms. The minimum absolute atomic E-state index is 0.499. The number of hydrogen-bond acceptors (Lipinski definition) is 2. The second-order valence-electron chi connectivity index (χ2n) is 9.59. The van der Waals surface area contributed by atoms with Gasteiger partial charge in [0.05, 0.1) is 0 Å². The molecule has 2 N–H and O–H groups in total. The molecule has 160 valence electrons. The lowest BCUT2D eigenvalue weighted by Crippen LogP contribution is -2.07. The molecule has 0 unspecified atom stereocenters. The van der Waals surface area contributed by atoms with Crippen LogP contribution in [-0.4, -0.2) is 14.1 Å². The Kier molecular flexibility index (Phi) is 7.80. The lowest BCUT2D eigenvalue weighted by molar-refractivity contribution is 0.826. The Morgan fingerprint density at radius 3 is 0.931 bits per heavy atom. The summed E-state index contributed by atoms with van der Waals surface area (Å²) in [5, 5.41) is 6.95. The molecular formula is C27H42N2. The summed E-state index contributed by atoms with van der Waals surface area (Å²) in [6, 6.07) is 9.66. The van der Waals surface area contributed by atoms with E-state index in [0.717, 1.165) is 6.42 Å². The molecule has 0 aliphatic rings. The second kappa shape index (κ2) is 9.69. The maximum absolute atomic E-state index is 3.47. The molecule has 2 heteroatoms. The molecule has 0 heterocycles. The Bertz CT molecular complexity index is 701. The fraction of sp³-hybridized carbons (Fsp3) is 0.556. The van der Waals surface area contributed by atoms with Crippen LogP contribution in [0, 0.1) is 0 Å². The van der Waals surface area contributed by atoms with Crippen molar-refractivity contribution in [2.24, 2.45) is 0 Å². The van der Waals surface area contributed by atoms with E-state index < -0.39 is 0 Å². The first kappa shape index (κ1) is 23.3. The molecule has 0 saturated carbocycles. The van der Waals surface area contributed by atoms with Crippen LogP contribution in [0.2, 0.25) is 0 Å². The molecule has 2 aromatic rings. The highest BCUT2D eigenvalue weighted by Gasteiger charge is 2.18. The molecule has 2 rings (SSSR count). The summed E-state index contributed by atoms with van der Waals surface area (Å²) < 4.78 is 0. The van der Waals surface area contributed by atoms with E-state index >= 15 is 0 Å². The van der Waals surface area contributed by atoms with Gasteiger partial charge in [-0.05, 0) is 63.5 Å². The van der Waals surface area contributed by atoms with Crippen LogP contribution in [0.25, 0.3) is 0 Å². The quantitative estimate of drug-likeness (QED) is 0.476. The van der Waals surface area contributed by atoms with Crippen LogP contribution in [-0.2, 0) is 6.42 Å². The summed E-state index contributed by atoms with van der Waals surface area (Å²) in [5.74, 6) is 2.00. The fourth-order valence-corrected chi connectivity index (χ4v) is 4.34. The van der Waals surface area contributed by atoms with E-state index in [4.69, 9.17) is 0 Å². The van der Waals surface area contributed by atoms with Crippen molar-refractivity contribution in [3.8, 4) is 0 Å². The normalized spacial score (nSPS) is 11.8. The Labute approximate surface area is 179 Å². The monoisotopic (exact) mass is 394 g/mol. The minimum atomic E-state index is 0.499. The Balaban J connectivity index is 2.61. The lowest BCUT2D eigenvalue weighted by atomic mass is 9.86. The average molecular weight is 395 g/mol. The smallest absolute Gasteiger partial charge is 0.0408 e. The number of nitrogens with one attached hydrogen (secondary N) is 2. The van der Waals surface area contributed by atoms with Crippen LogP contribution < -0.4 is 10.6 Å². The van der Waals surface area contributed by atoms with Crippen molar-refractivity contribution in [3.05, 3.63) is 57.6 Å². The predicted octanol–water partition coefficient (Wildman–Crippen LogP) is 7.85. The third kappa shape index (κ3) is 5.15. The van der Waals surface area contributed by atoms with Gasteiger partial charge in [0, 0.05) is 25.5 Å². The van der Waals surface area contributed by atoms with E-state index in [2.05, 4.69) is 90.3 Å². The highest BCUT2D eigenvalue weighted by atomic mass is 14.8. The van der Waals surface area contributed by atoms with Crippen LogP contribution in [0.5, 0.6) is 0 Å². The molecule has 0 aliphatic heterocycles. The topological polar surface area (TPSA) is 24.1 Å². The van der Waals surface area contributed by atoms with E-state index in [-0.39, 0.29) is 0 Å². The molecule has 0 fully saturated rings. The molecule has 2 nitrogen and oxygen atoms in total. The average Bonchev–Trinajstić information content (AvgIpc) is 2.66. The molecule has 0 bridgehead atoms. The summed E-state index contributed by atoms with van der Waals surface area (Å²) in [6.07, 6.45) is 0.979. The summed E-state index contributed by atoms with van der Waals surface area (Å²) in [5.41, 5.74) is 11.2. The third-order valence-electron chi connectivity index (χ3n) is 5.91. The van der Waals surface area contributed by atoms with E-state index in [0.29, 0.717) is 23.7 Å². The van der Waals surface area contributed by atoms with Gasteiger partial charge in [0.2, 0.25) is 0 Å². The number of benzene rings is 2. The first-order chi connectivity index (χ1) is 13.6. The van der Waals surface area contributed by atoms with Gasteiger partial charge in [-0.2, -0.15) is 0 Å². The van der Waals surface area contributed by atoms with Crippen molar-refractivity contribution in [2.45, 2.75) is 85.5 Å². The van der Waals surface area contributed by atoms with Crippen molar-refractivity contribution >= 4 is 11.4 Å². The van der Waals surface area contributed by atoms with Crippen LogP contribution >= 0.6 is 0 Å². The summed E-state index contributed by atoms with van der Waals surface area (Å²) in [4.78, 5) is 0. The van der Waals surface area contributed by atoms with Crippen molar-refractivity contribution in [1.29, 1.82) is 0 Å². The lowest BCUT2D eigenvalue weighted by Gasteiger charge is -2.23. The molecule has 0 amide bonds. The van der Waals surface area contributed by atoms with Gasteiger partial charge in [-0.1, -0.05) is 79.7 Å². The molecule has 0 aliphatic carbocycles. The molecule has 0 radical (unpaired) electrons. The number of anilines is 2. The molecular weight excluding hydrogens is 352 g/mol. The standard InChI is InChI=1S/C27H42N2/c1-16(2)22-12-20(13-23(17(3)4)26(22)28-9)11-21-14-24(18(5)6)27(29-10)25(15-21)19(7)8/h12-19,28-29H,11H2,1-10H3. The second-order valence-corrected chi connectivity index (χ2v) is 9.59. The number of rotatable bonds is 8. The summed E-state index contributed by atoms with van der Waals surface area (Å²) >= 11 is 0. The van der Waals surface area contributed by atoms with E-state index in [9.17, 15) is 0 Å². The van der Waals surface area contributed by atoms with Gasteiger partial charge in [0.15, 0.2) is 0 Å². The fourth-order valence-electron chi connectivity index (χ4n) is 4.34. The van der Waals surface area contributed by atoms with Crippen LogP contribution in [0.3, 0.4) is 0 Å². The van der Waals surface area contributed by atoms with Crippen LogP contribution in [0.15, 0.2) is 24.3 Å². The largest absolute Gasteiger partial charge is 0.388 e. The van der Waals surface area contributed by atoms with Gasteiger partial charge in [-0.25, -0.2) is 0 Å². The first-order valence-corrected chi connectivity index (χ1v) is 11.3. The maximum atomic E-state index is 3.47. The zero-order valence-corrected chi connectivity index (χ0v) is 20.3. The molecule has 0 spiro atoms. The summed E-state index contributed by atoms with van der Waals surface area (Å²) in [6.45, 7) is 18.3. The molecule has 0 atom stereocenters. The zero-order valence-electron chi connectivity index (χ0n) is 20.3. The van der Waals surface area contributed by atoms with E-state index in [1.165, 1.54) is 44.8 Å². The number of hydrogen-bond donors (Lipinski definition) is 2. The Morgan fingerprint density at radius 2 is 0.759 bits per heavy atom. The minimum Gasteiger partial charge on any atom is -0.388 e. The van der Waals surface area contributed by atoms with E-state index in [1.807, 2.05) is 14.1 Å². The van der Waals surface area contributed by atoms with Crippen LogP contribution in [0.1, 0.15) is 112 Å². The van der Waals surface area contributed by atoms with Gasteiger partial charge >= 0.3 is 0 Å². The third-order valence-corrected chi connectivity index (χ3v) is 5.91. The SMILES string of the molecule is CNc1c(C(C)C)cc(Cc2cc(C(C)C)c(NC)c(C(C)C)c2)cc1C(C)C. The first-order valence-electron chi connectivity index (χ1n) is 11.3. The Morgan fingerprint density at radius 1 is 0.517 bits per heavy atom. The van der Waals surface area contributed by atoms with Gasteiger partial charge in [-0.15, -0.1) is 0 Å². The van der Waals surface area contributed by atoms with Crippen molar-refractivity contribution in [2.75, 3.05) is 24.7 Å². The highest BCUT2D eigenvalue weighted by Crippen LogP contribution is 2.37. The molecule has 0 aromatic heterocycles. The predicted molar refractivity (Wildman–Crippen MR) is 131 cm³/mol.